The summed E-state index contributed by atoms with van der Waals surface area (Å²) in [5.41, 5.74) is 1.20. The van der Waals surface area contributed by atoms with Gasteiger partial charge < -0.3 is 9.47 Å². The zero-order chi connectivity index (χ0) is 10.2. The van der Waals surface area contributed by atoms with Gasteiger partial charge in [-0.15, -0.1) is 0 Å². The first-order chi connectivity index (χ1) is 6.83. The van der Waals surface area contributed by atoms with Crippen molar-refractivity contribution >= 4 is 6.16 Å². The van der Waals surface area contributed by atoms with Gasteiger partial charge in [0.15, 0.2) is 0 Å². The molecule has 14 heavy (non-hydrogen) atoms. The van der Waals surface area contributed by atoms with Crippen LogP contribution in [0.15, 0.2) is 24.5 Å². The molecule has 3 nitrogen and oxygen atoms in total. The van der Waals surface area contributed by atoms with Gasteiger partial charge in [0.1, 0.15) is 6.61 Å². The van der Waals surface area contributed by atoms with Gasteiger partial charge in [-0.2, -0.15) is 0 Å². The molecule has 0 heterocycles. The largest absolute Gasteiger partial charge is 0.513 e. The lowest BCUT2D eigenvalue weighted by atomic mass is 9.96. The average Bonchev–Trinajstić information content (AvgIpc) is 2.25. The number of hydrogen-bond donors (Lipinski definition) is 0. The van der Waals surface area contributed by atoms with Gasteiger partial charge in [-0.3, -0.25) is 0 Å². The molecule has 3 heteroatoms. The Balaban J connectivity index is 2.22. The molecule has 0 radical (unpaired) electrons. The number of carbonyl (C=O) groups excluding carboxylic acids is 1. The van der Waals surface area contributed by atoms with E-state index in [0.29, 0.717) is 0 Å². The van der Waals surface area contributed by atoms with Gasteiger partial charge in [0.2, 0.25) is 0 Å². The van der Waals surface area contributed by atoms with E-state index >= 15 is 0 Å². The van der Waals surface area contributed by atoms with Crippen molar-refractivity contribution < 1.29 is 14.3 Å². The number of carbonyl (C=O) groups is 1. The van der Waals surface area contributed by atoms with Crippen LogP contribution in [0.2, 0.25) is 0 Å². The lowest BCUT2D eigenvalue weighted by molar-refractivity contribution is 0.0935. The van der Waals surface area contributed by atoms with Crippen molar-refractivity contribution in [2.75, 3.05) is 6.61 Å². The Bertz CT molecular complexity index is 223. The first-order valence-electron chi connectivity index (χ1n) is 4.95. The van der Waals surface area contributed by atoms with Gasteiger partial charge in [-0.1, -0.05) is 19.1 Å². The molecular formula is C11H16O3. The molecular weight excluding hydrogens is 180 g/mol. The molecule has 1 aliphatic rings. The SMILES string of the molecule is C=CCOC(=O)OC=C1CCCCC1. The van der Waals surface area contributed by atoms with Crippen LogP contribution in [0.1, 0.15) is 32.1 Å². The summed E-state index contributed by atoms with van der Waals surface area (Å²) in [5.74, 6) is 0. The fraction of sp³-hybridized carbons (Fsp3) is 0.545. The van der Waals surface area contributed by atoms with Crippen LogP contribution >= 0.6 is 0 Å². The van der Waals surface area contributed by atoms with Crippen LogP contribution in [-0.2, 0) is 9.47 Å². The van der Waals surface area contributed by atoms with Crippen LogP contribution in [-0.4, -0.2) is 12.8 Å². The normalized spacial score (nSPS) is 15.9. The van der Waals surface area contributed by atoms with E-state index in [4.69, 9.17) is 4.74 Å². The van der Waals surface area contributed by atoms with Crippen LogP contribution in [0.4, 0.5) is 4.79 Å². The fourth-order valence-corrected chi connectivity index (χ4v) is 1.42. The monoisotopic (exact) mass is 196 g/mol. The second kappa shape index (κ2) is 6.24. The molecule has 1 aliphatic carbocycles. The van der Waals surface area contributed by atoms with Gasteiger partial charge in [0, 0.05) is 0 Å². The van der Waals surface area contributed by atoms with Crippen molar-refractivity contribution in [3.05, 3.63) is 24.5 Å². The smallest absolute Gasteiger partial charge is 0.430 e. The summed E-state index contributed by atoms with van der Waals surface area (Å²) in [7, 11) is 0. The lowest BCUT2D eigenvalue weighted by Crippen LogP contribution is -2.04. The lowest BCUT2D eigenvalue weighted by Gasteiger charge is -2.12. The first-order valence-corrected chi connectivity index (χ1v) is 4.95. The molecule has 0 spiro atoms. The maximum atomic E-state index is 10.9. The fourth-order valence-electron chi connectivity index (χ4n) is 1.42. The third-order valence-electron chi connectivity index (χ3n) is 2.14. The van der Waals surface area contributed by atoms with E-state index in [9.17, 15) is 4.79 Å². The summed E-state index contributed by atoms with van der Waals surface area (Å²) in [4.78, 5) is 10.9. The first kappa shape index (κ1) is 10.8. The zero-order valence-corrected chi connectivity index (χ0v) is 8.33. The Labute approximate surface area is 84.4 Å². The molecule has 78 valence electrons. The van der Waals surface area contributed by atoms with Crippen molar-refractivity contribution in [2.45, 2.75) is 32.1 Å². The molecule has 0 aromatic rings. The molecule has 1 fully saturated rings. The Morgan fingerprint density at radius 3 is 2.71 bits per heavy atom. The number of hydrogen-bond acceptors (Lipinski definition) is 3. The van der Waals surface area contributed by atoms with E-state index in [1.54, 1.807) is 0 Å². The molecule has 0 aliphatic heterocycles. The highest BCUT2D eigenvalue weighted by atomic mass is 16.7. The van der Waals surface area contributed by atoms with Crippen molar-refractivity contribution in [3.8, 4) is 0 Å². The summed E-state index contributed by atoms with van der Waals surface area (Å²) in [6, 6.07) is 0. The van der Waals surface area contributed by atoms with Crippen LogP contribution in [0.3, 0.4) is 0 Å². The highest BCUT2D eigenvalue weighted by Gasteiger charge is 2.07. The van der Waals surface area contributed by atoms with Crippen molar-refractivity contribution in [1.29, 1.82) is 0 Å². The van der Waals surface area contributed by atoms with Crippen LogP contribution in [0.5, 0.6) is 0 Å². The number of allylic oxidation sites excluding steroid dienone is 1. The van der Waals surface area contributed by atoms with E-state index in [2.05, 4.69) is 11.3 Å². The molecule has 0 aromatic carbocycles. The molecule has 0 atom stereocenters. The Kier molecular flexibility index (Phi) is 4.83. The van der Waals surface area contributed by atoms with Crippen molar-refractivity contribution in [3.63, 3.8) is 0 Å². The third kappa shape index (κ3) is 4.12. The van der Waals surface area contributed by atoms with E-state index in [0.717, 1.165) is 12.8 Å². The minimum absolute atomic E-state index is 0.196. The topological polar surface area (TPSA) is 35.5 Å². The van der Waals surface area contributed by atoms with Gasteiger partial charge >= 0.3 is 6.16 Å². The Morgan fingerprint density at radius 1 is 1.36 bits per heavy atom. The quantitative estimate of drug-likeness (QED) is 0.395. The maximum Gasteiger partial charge on any atom is 0.513 e. The molecule has 0 unspecified atom stereocenters. The average molecular weight is 196 g/mol. The molecule has 0 saturated heterocycles. The van der Waals surface area contributed by atoms with E-state index < -0.39 is 6.16 Å². The Hall–Kier alpha value is -1.25. The van der Waals surface area contributed by atoms with Crippen LogP contribution < -0.4 is 0 Å². The number of ether oxygens (including phenoxy) is 2. The van der Waals surface area contributed by atoms with E-state index in [-0.39, 0.29) is 6.61 Å². The molecule has 0 N–H and O–H groups in total. The van der Waals surface area contributed by atoms with E-state index in [1.165, 1.54) is 37.2 Å². The maximum absolute atomic E-state index is 10.9. The molecule has 1 saturated carbocycles. The summed E-state index contributed by atoms with van der Waals surface area (Å²) in [6.07, 6.45) is 8.12. The third-order valence-corrected chi connectivity index (χ3v) is 2.14. The standard InChI is InChI=1S/C11H16O3/c1-2-8-13-11(12)14-9-10-6-4-3-5-7-10/h2,9H,1,3-8H2. The van der Waals surface area contributed by atoms with Crippen LogP contribution in [0, 0.1) is 0 Å². The Morgan fingerprint density at radius 2 is 2.07 bits per heavy atom. The van der Waals surface area contributed by atoms with Gasteiger partial charge in [-0.25, -0.2) is 4.79 Å². The highest BCUT2D eigenvalue weighted by Crippen LogP contribution is 2.22. The highest BCUT2D eigenvalue weighted by molar-refractivity contribution is 5.60. The molecule has 0 bridgehead atoms. The minimum Gasteiger partial charge on any atom is -0.430 e. The van der Waals surface area contributed by atoms with Gasteiger partial charge in [0.05, 0.1) is 6.26 Å². The van der Waals surface area contributed by atoms with Gasteiger partial charge in [0.25, 0.3) is 0 Å². The predicted octanol–water partition coefficient (Wildman–Crippen LogP) is 3.17. The predicted molar refractivity (Wildman–Crippen MR) is 53.8 cm³/mol. The second-order valence-corrected chi connectivity index (χ2v) is 3.30. The summed E-state index contributed by atoms with van der Waals surface area (Å²) in [6.45, 7) is 3.63. The minimum atomic E-state index is -0.650. The summed E-state index contributed by atoms with van der Waals surface area (Å²) in [5, 5.41) is 0. The van der Waals surface area contributed by atoms with Crippen LogP contribution in [0.25, 0.3) is 0 Å². The van der Waals surface area contributed by atoms with Crippen molar-refractivity contribution in [1.82, 2.24) is 0 Å². The summed E-state index contributed by atoms with van der Waals surface area (Å²) >= 11 is 0. The zero-order valence-electron chi connectivity index (χ0n) is 8.33. The summed E-state index contributed by atoms with van der Waals surface area (Å²) < 4.78 is 9.47. The molecule has 0 amide bonds. The van der Waals surface area contributed by atoms with E-state index in [1.807, 2.05) is 0 Å². The molecule has 0 aromatic heterocycles. The van der Waals surface area contributed by atoms with Crippen molar-refractivity contribution in [2.24, 2.45) is 0 Å². The van der Waals surface area contributed by atoms with Gasteiger partial charge in [-0.05, 0) is 31.3 Å². The second-order valence-electron chi connectivity index (χ2n) is 3.30. The number of rotatable bonds is 3. The molecule has 1 rings (SSSR count).